The maximum Gasteiger partial charge on any atom is 0.333 e. The summed E-state index contributed by atoms with van der Waals surface area (Å²) in [6, 6.07) is 12.7. The lowest BCUT2D eigenvalue weighted by atomic mass is 10.2. The molecule has 0 aliphatic carbocycles. The Balaban J connectivity index is 1.67. The quantitative estimate of drug-likeness (QED) is 0.781. The van der Waals surface area contributed by atoms with Gasteiger partial charge in [-0.25, -0.2) is 14.1 Å². The first-order valence-electron chi connectivity index (χ1n) is 7.66. The summed E-state index contributed by atoms with van der Waals surface area (Å²) in [4.78, 5) is 28.4. The lowest BCUT2D eigenvalue weighted by Crippen LogP contribution is -2.33. The van der Waals surface area contributed by atoms with Crippen molar-refractivity contribution in [1.82, 2.24) is 4.90 Å². The molecule has 0 spiro atoms. The molecule has 4 nitrogen and oxygen atoms in total. The number of nitrogens with zero attached hydrogens (tertiary/aromatic N) is 2. The van der Waals surface area contributed by atoms with Gasteiger partial charge in [-0.1, -0.05) is 29.8 Å². The van der Waals surface area contributed by atoms with Gasteiger partial charge in [-0.05, 0) is 36.8 Å². The van der Waals surface area contributed by atoms with Crippen LogP contribution in [0.5, 0.6) is 0 Å². The zero-order valence-electron chi connectivity index (χ0n) is 13.0. The van der Waals surface area contributed by atoms with Crippen molar-refractivity contribution >= 4 is 29.4 Å². The van der Waals surface area contributed by atoms with Crippen LogP contribution in [0.4, 0.5) is 14.9 Å². The van der Waals surface area contributed by atoms with Gasteiger partial charge in [0.15, 0.2) is 0 Å². The van der Waals surface area contributed by atoms with Gasteiger partial charge in [-0.15, -0.1) is 11.8 Å². The van der Waals surface area contributed by atoms with Crippen molar-refractivity contribution < 1.29 is 14.0 Å². The number of halogens is 1. The van der Waals surface area contributed by atoms with E-state index in [4.69, 9.17) is 0 Å². The molecule has 0 saturated carbocycles. The Kier molecular flexibility index (Phi) is 3.57. The molecule has 0 radical (unpaired) electrons. The molecule has 2 unspecified atom stereocenters. The normalized spacial score (nSPS) is 23.1. The Morgan fingerprint density at radius 3 is 2.38 bits per heavy atom. The monoisotopic (exact) mass is 342 g/mol. The second-order valence-corrected chi connectivity index (χ2v) is 7.07. The summed E-state index contributed by atoms with van der Waals surface area (Å²) in [6.07, 6.45) is 0. The molecule has 122 valence electrons. The Labute approximate surface area is 143 Å². The molecule has 4 rings (SSSR count). The van der Waals surface area contributed by atoms with Crippen LogP contribution in [-0.4, -0.2) is 28.6 Å². The van der Waals surface area contributed by atoms with Gasteiger partial charge in [0.1, 0.15) is 17.2 Å². The SMILES string of the molecule is Cc1ccc(N2C(=O)C3CSC(c4ccc(F)cc4)N3C2=O)cc1. The van der Waals surface area contributed by atoms with Crippen molar-refractivity contribution in [3.8, 4) is 0 Å². The van der Waals surface area contributed by atoms with Crippen molar-refractivity contribution in [3.63, 3.8) is 0 Å². The molecule has 2 atom stereocenters. The van der Waals surface area contributed by atoms with Gasteiger partial charge in [-0.3, -0.25) is 9.69 Å². The van der Waals surface area contributed by atoms with Crippen molar-refractivity contribution in [3.05, 3.63) is 65.5 Å². The van der Waals surface area contributed by atoms with Crippen molar-refractivity contribution in [2.45, 2.75) is 18.3 Å². The minimum atomic E-state index is -0.459. The number of hydrogen-bond acceptors (Lipinski definition) is 3. The summed E-state index contributed by atoms with van der Waals surface area (Å²) >= 11 is 1.54. The molecule has 2 aliphatic heterocycles. The summed E-state index contributed by atoms with van der Waals surface area (Å²) in [6.45, 7) is 1.96. The number of aryl methyl sites for hydroxylation is 1. The van der Waals surface area contributed by atoms with Gasteiger partial charge >= 0.3 is 6.03 Å². The van der Waals surface area contributed by atoms with E-state index in [9.17, 15) is 14.0 Å². The third-order valence-electron chi connectivity index (χ3n) is 4.37. The van der Waals surface area contributed by atoms with Crippen LogP contribution in [-0.2, 0) is 4.79 Å². The molecule has 24 heavy (non-hydrogen) atoms. The molecule has 3 amide bonds. The Morgan fingerprint density at radius 1 is 1.04 bits per heavy atom. The summed E-state index contributed by atoms with van der Waals surface area (Å²) < 4.78 is 13.1. The molecule has 0 N–H and O–H groups in total. The van der Waals surface area contributed by atoms with Crippen LogP contribution in [0, 0.1) is 12.7 Å². The van der Waals surface area contributed by atoms with E-state index in [1.54, 1.807) is 29.2 Å². The lowest BCUT2D eigenvalue weighted by Gasteiger charge is -2.23. The van der Waals surface area contributed by atoms with Crippen LogP contribution in [0.2, 0.25) is 0 Å². The van der Waals surface area contributed by atoms with Crippen molar-refractivity contribution in [2.24, 2.45) is 0 Å². The van der Waals surface area contributed by atoms with Gasteiger partial charge < -0.3 is 0 Å². The summed E-state index contributed by atoms with van der Waals surface area (Å²) in [5.74, 6) is 0.0407. The third-order valence-corrected chi connectivity index (χ3v) is 5.69. The van der Waals surface area contributed by atoms with Crippen LogP contribution in [0.1, 0.15) is 16.5 Å². The average Bonchev–Trinajstić information content (AvgIpc) is 3.11. The highest BCUT2D eigenvalue weighted by Gasteiger charge is 2.53. The van der Waals surface area contributed by atoms with Crippen molar-refractivity contribution in [1.29, 1.82) is 0 Å². The highest BCUT2D eigenvalue weighted by molar-refractivity contribution is 7.99. The van der Waals surface area contributed by atoms with Gasteiger partial charge in [0.25, 0.3) is 5.91 Å². The number of benzene rings is 2. The van der Waals surface area contributed by atoms with Gasteiger partial charge in [-0.2, -0.15) is 0 Å². The zero-order valence-corrected chi connectivity index (χ0v) is 13.8. The molecule has 2 aromatic carbocycles. The van der Waals surface area contributed by atoms with E-state index in [2.05, 4.69) is 0 Å². The minimum absolute atomic E-state index is 0.194. The zero-order chi connectivity index (χ0) is 16.8. The smallest absolute Gasteiger partial charge is 0.295 e. The number of fused-ring (bicyclic) bond motifs is 1. The highest BCUT2D eigenvalue weighted by Crippen LogP contribution is 2.46. The number of urea groups is 1. The number of carbonyl (C=O) groups is 2. The predicted octanol–water partition coefficient (Wildman–Crippen LogP) is 3.72. The second kappa shape index (κ2) is 5.63. The molecular formula is C18H15FN2O2S. The van der Waals surface area contributed by atoms with Gasteiger partial charge in [0, 0.05) is 5.75 Å². The first kappa shape index (κ1) is 15.2. The van der Waals surface area contributed by atoms with E-state index >= 15 is 0 Å². The first-order chi connectivity index (χ1) is 11.6. The molecule has 0 aromatic heterocycles. The number of hydrogen-bond donors (Lipinski definition) is 0. The number of rotatable bonds is 2. The van der Waals surface area contributed by atoms with E-state index in [1.807, 2.05) is 19.1 Å². The highest BCUT2D eigenvalue weighted by atomic mass is 32.2. The van der Waals surface area contributed by atoms with E-state index in [-0.39, 0.29) is 23.1 Å². The number of carbonyl (C=O) groups excluding carboxylic acids is 2. The Bertz CT molecular complexity index is 807. The maximum atomic E-state index is 13.1. The molecule has 0 bridgehead atoms. The predicted molar refractivity (Wildman–Crippen MR) is 91.3 cm³/mol. The molecular weight excluding hydrogens is 327 g/mol. The van der Waals surface area contributed by atoms with Crippen LogP contribution in [0.15, 0.2) is 48.5 Å². The lowest BCUT2D eigenvalue weighted by molar-refractivity contribution is -0.119. The molecule has 2 saturated heterocycles. The van der Waals surface area contributed by atoms with Gasteiger partial charge in [0.2, 0.25) is 0 Å². The van der Waals surface area contributed by atoms with Gasteiger partial charge in [0.05, 0.1) is 5.69 Å². The van der Waals surface area contributed by atoms with Crippen LogP contribution >= 0.6 is 11.8 Å². The molecule has 2 fully saturated rings. The van der Waals surface area contributed by atoms with E-state index < -0.39 is 6.04 Å². The number of anilines is 1. The maximum absolute atomic E-state index is 13.1. The summed E-state index contributed by atoms with van der Waals surface area (Å²) in [5.41, 5.74) is 2.49. The fraction of sp³-hybridized carbons (Fsp3) is 0.222. The minimum Gasteiger partial charge on any atom is -0.295 e. The number of thioether (sulfide) groups is 1. The fourth-order valence-electron chi connectivity index (χ4n) is 3.10. The fourth-order valence-corrected chi connectivity index (χ4v) is 4.52. The topological polar surface area (TPSA) is 40.6 Å². The van der Waals surface area contributed by atoms with E-state index in [0.29, 0.717) is 11.4 Å². The number of imide groups is 1. The van der Waals surface area contributed by atoms with Crippen LogP contribution in [0.25, 0.3) is 0 Å². The summed E-state index contributed by atoms with van der Waals surface area (Å²) in [5, 5.41) is -0.262. The molecule has 2 aromatic rings. The molecule has 2 aliphatic rings. The average molecular weight is 342 g/mol. The van der Waals surface area contributed by atoms with E-state index in [1.165, 1.54) is 28.8 Å². The van der Waals surface area contributed by atoms with Crippen LogP contribution < -0.4 is 4.90 Å². The summed E-state index contributed by atoms with van der Waals surface area (Å²) in [7, 11) is 0. The molecule has 2 heterocycles. The Hall–Kier alpha value is -2.34. The second-order valence-electron chi connectivity index (χ2n) is 5.95. The largest absolute Gasteiger partial charge is 0.333 e. The first-order valence-corrected chi connectivity index (χ1v) is 8.71. The molecule has 6 heteroatoms. The Morgan fingerprint density at radius 2 is 1.71 bits per heavy atom. The van der Waals surface area contributed by atoms with Crippen molar-refractivity contribution in [2.75, 3.05) is 10.7 Å². The van der Waals surface area contributed by atoms with Crippen LogP contribution in [0.3, 0.4) is 0 Å². The number of amides is 3. The third kappa shape index (κ3) is 2.29. The standard InChI is InChI=1S/C18H15FN2O2S/c1-11-2-8-14(9-3-11)20-16(22)15-10-24-17(21(15)18(20)23)12-4-6-13(19)7-5-12/h2-9,15,17H,10H2,1H3. The van der Waals surface area contributed by atoms with E-state index in [0.717, 1.165) is 11.1 Å².